The van der Waals surface area contributed by atoms with Gasteiger partial charge < -0.3 is 15.0 Å². The number of aryl methyl sites for hydroxylation is 1. The monoisotopic (exact) mass is 251 g/mol. The summed E-state index contributed by atoms with van der Waals surface area (Å²) in [6.07, 6.45) is 7.75. The van der Waals surface area contributed by atoms with Crippen molar-refractivity contribution < 1.29 is 5.11 Å². The van der Waals surface area contributed by atoms with Gasteiger partial charge in [0, 0.05) is 12.6 Å². The van der Waals surface area contributed by atoms with Gasteiger partial charge in [0.15, 0.2) is 0 Å². The molecule has 18 heavy (non-hydrogen) atoms. The average Bonchev–Trinajstić information content (AvgIpc) is 2.86. The van der Waals surface area contributed by atoms with Crippen LogP contribution in [0.15, 0.2) is 12.5 Å². The lowest BCUT2D eigenvalue weighted by Gasteiger charge is -2.33. The third kappa shape index (κ3) is 2.93. The van der Waals surface area contributed by atoms with E-state index in [1.807, 2.05) is 6.33 Å². The van der Waals surface area contributed by atoms with Gasteiger partial charge in [0.25, 0.3) is 0 Å². The van der Waals surface area contributed by atoms with Gasteiger partial charge in [0.2, 0.25) is 0 Å². The first-order valence-corrected chi connectivity index (χ1v) is 7.17. The average molecular weight is 251 g/mol. The molecule has 1 aromatic rings. The van der Waals surface area contributed by atoms with Crippen LogP contribution in [0.1, 0.15) is 51.3 Å². The van der Waals surface area contributed by atoms with Crippen LogP contribution in [0.4, 0.5) is 0 Å². The molecule has 1 fully saturated rings. The Balaban J connectivity index is 2.05. The minimum Gasteiger partial charge on any atom is -0.385 e. The minimum absolute atomic E-state index is 0.177. The van der Waals surface area contributed by atoms with Crippen molar-refractivity contribution in [1.29, 1.82) is 0 Å². The molecule has 0 spiro atoms. The maximum absolute atomic E-state index is 10.5. The molecule has 4 heteroatoms. The number of rotatable bonds is 5. The normalized spacial score (nSPS) is 26.2. The van der Waals surface area contributed by atoms with Crippen molar-refractivity contribution in [2.24, 2.45) is 5.92 Å². The number of hydrogen-bond acceptors (Lipinski definition) is 3. The molecule has 0 radical (unpaired) electrons. The summed E-state index contributed by atoms with van der Waals surface area (Å²) in [7, 11) is 0. The highest BCUT2D eigenvalue weighted by Crippen LogP contribution is 2.27. The summed E-state index contributed by atoms with van der Waals surface area (Å²) in [6, 6.07) is 0.177. The predicted octanol–water partition coefficient (Wildman–Crippen LogP) is 2.10. The van der Waals surface area contributed by atoms with E-state index in [1.54, 1.807) is 6.20 Å². The molecule has 3 unspecified atom stereocenters. The van der Waals surface area contributed by atoms with E-state index in [0.29, 0.717) is 0 Å². The van der Waals surface area contributed by atoms with Gasteiger partial charge in [-0.2, -0.15) is 0 Å². The van der Waals surface area contributed by atoms with Crippen LogP contribution in [0.5, 0.6) is 0 Å². The van der Waals surface area contributed by atoms with Crippen LogP contribution in [0, 0.1) is 5.92 Å². The molecule has 0 aromatic carbocycles. The van der Waals surface area contributed by atoms with E-state index in [0.717, 1.165) is 37.5 Å². The van der Waals surface area contributed by atoms with Crippen molar-refractivity contribution in [3.8, 4) is 0 Å². The second-order valence-corrected chi connectivity index (χ2v) is 5.32. The fraction of sp³-hybridized carbons (Fsp3) is 0.786. The number of imidazole rings is 1. The smallest absolute Gasteiger partial charge is 0.111 e. The van der Waals surface area contributed by atoms with Crippen molar-refractivity contribution in [2.45, 2.75) is 58.2 Å². The molecule has 1 aliphatic heterocycles. The molecule has 4 nitrogen and oxygen atoms in total. The van der Waals surface area contributed by atoms with Gasteiger partial charge in [0.1, 0.15) is 6.10 Å². The largest absolute Gasteiger partial charge is 0.385 e. The topological polar surface area (TPSA) is 50.1 Å². The minimum atomic E-state index is -0.437. The Kier molecular flexibility index (Phi) is 4.78. The summed E-state index contributed by atoms with van der Waals surface area (Å²) in [6.45, 7) is 6.32. The lowest BCUT2D eigenvalue weighted by Crippen LogP contribution is -2.42. The molecule has 0 amide bonds. The Morgan fingerprint density at radius 2 is 2.39 bits per heavy atom. The number of aromatic nitrogens is 2. The third-order valence-electron chi connectivity index (χ3n) is 4.02. The second-order valence-electron chi connectivity index (χ2n) is 5.32. The Morgan fingerprint density at radius 1 is 1.56 bits per heavy atom. The van der Waals surface area contributed by atoms with E-state index in [-0.39, 0.29) is 6.04 Å². The number of nitrogens with zero attached hydrogens (tertiary/aromatic N) is 2. The van der Waals surface area contributed by atoms with Crippen LogP contribution in [0.25, 0.3) is 0 Å². The van der Waals surface area contributed by atoms with Crippen molar-refractivity contribution >= 4 is 0 Å². The lowest BCUT2D eigenvalue weighted by molar-refractivity contribution is 0.0911. The molecule has 2 N–H and O–H groups in total. The summed E-state index contributed by atoms with van der Waals surface area (Å²) >= 11 is 0. The maximum atomic E-state index is 10.5. The Labute approximate surface area is 109 Å². The number of piperidine rings is 1. The van der Waals surface area contributed by atoms with Crippen LogP contribution in [-0.4, -0.2) is 27.2 Å². The van der Waals surface area contributed by atoms with Crippen LogP contribution >= 0.6 is 0 Å². The summed E-state index contributed by atoms with van der Waals surface area (Å²) in [5, 5.41) is 14.0. The summed E-state index contributed by atoms with van der Waals surface area (Å²) in [5.41, 5.74) is 0.950. The van der Waals surface area contributed by atoms with E-state index in [4.69, 9.17) is 0 Å². The zero-order valence-electron chi connectivity index (χ0n) is 11.5. The molecular formula is C14H25N3O. The van der Waals surface area contributed by atoms with Crippen molar-refractivity contribution in [1.82, 2.24) is 14.9 Å². The van der Waals surface area contributed by atoms with E-state index in [9.17, 15) is 5.11 Å². The Bertz CT molecular complexity index is 364. The summed E-state index contributed by atoms with van der Waals surface area (Å²) in [5.74, 6) is 0.744. The van der Waals surface area contributed by atoms with E-state index in [1.165, 1.54) is 12.8 Å². The lowest BCUT2D eigenvalue weighted by atomic mass is 9.87. The highest BCUT2D eigenvalue weighted by Gasteiger charge is 2.28. The van der Waals surface area contributed by atoms with Gasteiger partial charge in [-0.1, -0.05) is 20.3 Å². The van der Waals surface area contributed by atoms with Gasteiger partial charge in [-0.3, -0.25) is 0 Å². The van der Waals surface area contributed by atoms with Gasteiger partial charge in [-0.25, -0.2) is 4.98 Å². The maximum Gasteiger partial charge on any atom is 0.111 e. The summed E-state index contributed by atoms with van der Waals surface area (Å²) in [4.78, 5) is 4.17. The Hall–Kier alpha value is -0.870. The first-order valence-electron chi connectivity index (χ1n) is 7.17. The zero-order valence-corrected chi connectivity index (χ0v) is 11.5. The van der Waals surface area contributed by atoms with Crippen LogP contribution in [-0.2, 0) is 6.54 Å². The number of aliphatic hydroxyl groups is 1. The number of nitrogens with one attached hydrogen (secondary N) is 1. The molecule has 3 atom stereocenters. The molecular weight excluding hydrogens is 226 g/mol. The van der Waals surface area contributed by atoms with Gasteiger partial charge in [-0.05, 0) is 31.7 Å². The molecule has 102 valence electrons. The van der Waals surface area contributed by atoms with Gasteiger partial charge in [-0.15, -0.1) is 0 Å². The third-order valence-corrected chi connectivity index (χ3v) is 4.02. The van der Waals surface area contributed by atoms with E-state index >= 15 is 0 Å². The molecule has 2 heterocycles. The molecule has 1 aliphatic rings. The molecule has 0 saturated carbocycles. The van der Waals surface area contributed by atoms with Crippen LogP contribution < -0.4 is 5.32 Å². The standard InChI is InChI=1S/C14H25N3O/c1-3-7-17-10-15-9-13(17)14(18)12-8-11(4-2)5-6-16-12/h9-12,14,16,18H,3-8H2,1-2H3. The number of aliphatic hydroxyl groups excluding tert-OH is 1. The molecule has 2 rings (SSSR count). The van der Waals surface area contributed by atoms with Crippen molar-refractivity contribution in [2.75, 3.05) is 6.54 Å². The Morgan fingerprint density at radius 3 is 3.11 bits per heavy atom. The van der Waals surface area contributed by atoms with E-state index < -0.39 is 6.10 Å². The predicted molar refractivity (Wildman–Crippen MR) is 72.3 cm³/mol. The fourth-order valence-electron chi connectivity index (χ4n) is 2.86. The van der Waals surface area contributed by atoms with Crippen molar-refractivity contribution in [3.63, 3.8) is 0 Å². The zero-order chi connectivity index (χ0) is 13.0. The quantitative estimate of drug-likeness (QED) is 0.842. The molecule has 0 aliphatic carbocycles. The van der Waals surface area contributed by atoms with Crippen LogP contribution in [0.3, 0.4) is 0 Å². The first kappa shape index (κ1) is 13.6. The first-order chi connectivity index (χ1) is 8.76. The fourth-order valence-corrected chi connectivity index (χ4v) is 2.86. The van der Waals surface area contributed by atoms with E-state index in [2.05, 4.69) is 28.7 Å². The highest BCUT2D eigenvalue weighted by molar-refractivity contribution is 5.07. The van der Waals surface area contributed by atoms with Gasteiger partial charge in [0.05, 0.1) is 18.2 Å². The number of hydrogen-bond donors (Lipinski definition) is 2. The molecule has 1 aromatic heterocycles. The SMILES string of the molecule is CCCn1cncc1C(O)C1CC(CC)CCN1. The second kappa shape index (κ2) is 6.34. The van der Waals surface area contributed by atoms with Crippen molar-refractivity contribution in [3.05, 3.63) is 18.2 Å². The molecule has 1 saturated heterocycles. The molecule has 0 bridgehead atoms. The summed E-state index contributed by atoms with van der Waals surface area (Å²) < 4.78 is 2.07. The van der Waals surface area contributed by atoms with Crippen LogP contribution in [0.2, 0.25) is 0 Å². The van der Waals surface area contributed by atoms with Gasteiger partial charge >= 0.3 is 0 Å². The highest BCUT2D eigenvalue weighted by atomic mass is 16.3.